The Labute approximate surface area is 115 Å². The molecule has 0 radical (unpaired) electrons. The average Bonchev–Trinajstić information content (AvgIpc) is 2.93. The number of primary amides is 1. The Hall–Kier alpha value is -2.41. The van der Waals surface area contributed by atoms with Crippen LogP contribution in [0.2, 0.25) is 0 Å². The quantitative estimate of drug-likeness (QED) is 0.626. The van der Waals surface area contributed by atoms with E-state index in [-0.39, 0.29) is 0 Å². The van der Waals surface area contributed by atoms with E-state index in [4.69, 9.17) is 10.6 Å². The van der Waals surface area contributed by atoms with Gasteiger partial charge in [0, 0.05) is 6.20 Å². The number of aromatic amines is 1. The molecular formula is C13H15FN4O2. The summed E-state index contributed by atoms with van der Waals surface area (Å²) in [5, 5.41) is 0.948. The summed E-state index contributed by atoms with van der Waals surface area (Å²) in [5.41, 5.74) is 6.54. The number of H-pyrrole nitrogens is 1. The number of amides is 2. The van der Waals surface area contributed by atoms with E-state index >= 15 is 0 Å². The molecule has 0 saturated heterocycles. The number of benzene rings is 1. The van der Waals surface area contributed by atoms with Gasteiger partial charge in [-0.15, -0.1) is 0 Å². The third kappa shape index (κ3) is 3.79. The number of halogens is 1. The van der Waals surface area contributed by atoms with Crippen LogP contribution in [0.3, 0.4) is 0 Å². The first kappa shape index (κ1) is 14.0. The van der Waals surface area contributed by atoms with E-state index in [2.05, 4.69) is 9.97 Å². The van der Waals surface area contributed by atoms with Gasteiger partial charge in [0.15, 0.2) is 0 Å². The second kappa shape index (κ2) is 6.67. The van der Waals surface area contributed by atoms with Gasteiger partial charge in [-0.05, 0) is 37.1 Å². The van der Waals surface area contributed by atoms with Crippen LogP contribution >= 0.6 is 0 Å². The largest absolute Gasteiger partial charge is 0.351 e. The van der Waals surface area contributed by atoms with Crippen LogP contribution in [0, 0.1) is 5.82 Å². The highest BCUT2D eigenvalue weighted by Crippen LogP contribution is 2.15. The maximum Gasteiger partial charge on any atom is 0.343 e. The number of hydroxylamine groups is 1. The van der Waals surface area contributed by atoms with Crippen LogP contribution in [0.25, 0.3) is 0 Å². The molecule has 0 atom stereocenters. The number of rotatable bonds is 6. The summed E-state index contributed by atoms with van der Waals surface area (Å²) in [6.07, 6.45) is 4.80. The fourth-order valence-corrected chi connectivity index (χ4v) is 1.68. The number of nitrogens with zero attached hydrogens (tertiary/aromatic N) is 2. The molecule has 1 aromatic heterocycles. The molecule has 0 aliphatic carbocycles. The Morgan fingerprint density at radius 1 is 1.40 bits per heavy atom. The van der Waals surface area contributed by atoms with Crippen molar-refractivity contribution >= 4 is 11.7 Å². The minimum Gasteiger partial charge on any atom is -0.351 e. The molecule has 20 heavy (non-hydrogen) atoms. The first-order valence-electron chi connectivity index (χ1n) is 6.12. The fourth-order valence-electron chi connectivity index (χ4n) is 1.68. The van der Waals surface area contributed by atoms with Crippen LogP contribution in [-0.2, 0) is 11.3 Å². The molecule has 0 aliphatic rings. The Morgan fingerprint density at radius 3 is 2.75 bits per heavy atom. The molecule has 2 rings (SSSR count). The summed E-state index contributed by atoms with van der Waals surface area (Å²) in [6.45, 7) is 0.299. The summed E-state index contributed by atoms with van der Waals surface area (Å²) in [7, 11) is 0. The van der Waals surface area contributed by atoms with Crippen LogP contribution < -0.4 is 10.8 Å². The SMILES string of the molecule is NC(=O)N(OCCCc1c[nH]cn1)c1ccc(F)cc1. The van der Waals surface area contributed by atoms with Crippen LogP contribution in [-0.4, -0.2) is 22.6 Å². The molecule has 0 fully saturated rings. The second-order valence-corrected chi connectivity index (χ2v) is 4.11. The molecule has 6 nitrogen and oxygen atoms in total. The van der Waals surface area contributed by atoms with Crippen molar-refractivity contribution in [2.45, 2.75) is 12.8 Å². The Morgan fingerprint density at radius 2 is 2.15 bits per heavy atom. The van der Waals surface area contributed by atoms with Gasteiger partial charge in [-0.2, -0.15) is 5.06 Å². The fraction of sp³-hybridized carbons (Fsp3) is 0.231. The number of imidazole rings is 1. The summed E-state index contributed by atoms with van der Waals surface area (Å²) in [6, 6.07) is 4.56. The van der Waals surface area contributed by atoms with Crippen molar-refractivity contribution in [2.75, 3.05) is 11.7 Å². The molecule has 7 heteroatoms. The molecule has 0 aliphatic heterocycles. The van der Waals surface area contributed by atoms with Crippen molar-refractivity contribution in [3.63, 3.8) is 0 Å². The normalized spacial score (nSPS) is 10.4. The second-order valence-electron chi connectivity index (χ2n) is 4.11. The molecule has 3 N–H and O–H groups in total. The number of hydrogen-bond donors (Lipinski definition) is 2. The first-order chi connectivity index (χ1) is 9.66. The Kier molecular flexibility index (Phi) is 4.67. The lowest BCUT2D eigenvalue weighted by atomic mass is 10.3. The highest BCUT2D eigenvalue weighted by Gasteiger charge is 2.13. The van der Waals surface area contributed by atoms with Crippen molar-refractivity contribution in [2.24, 2.45) is 5.73 Å². The highest BCUT2D eigenvalue weighted by molar-refractivity contribution is 5.88. The van der Waals surface area contributed by atoms with Gasteiger partial charge in [0.2, 0.25) is 0 Å². The topological polar surface area (TPSA) is 84.2 Å². The number of carbonyl (C=O) groups is 1. The number of nitrogens with one attached hydrogen (secondary N) is 1. The van der Waals surface area contributed by atoms with Gasteiger partial charge in [0.05, 0.1) is 24.3 Å². The molecule has 2 aromatic rings. The van der Waals surface area contributed by atoms with Crippen LogP contribution in [0.5, 0.6) is 0 Å². The maximum atomic E-state index is 12.8. The van der Waals surface area contributed by atoms with E-state index in [0.717, 1.165) is 17.2 Å². The molecule has 1 heterocycles. The molecule has 0 saturated carbocycles. The number of carbonyl (C=O) groups excluding carboxylic acids is 1. The predicted molar refractivity (Wildman–Crippen MR) is 71.3 cm³/mol. The molecule has 0 spiro atoms. The zero-order valence-corrected chi connectivity index (χ0v) is 10.8. The van der Waals surface area contributed by atoms with Gasteiger partial charge in [-0.1, -0.05) is 0 Å². The third-order valence-electron chi connectivity index (χ3n) is 2.61. The molecule has 2 amide bonds. The average molecular weight is 278 g/mol. The third-order valence-corrected chi connectivity index (χ3v) is 2.61. The van der Waals surface area contributed by atoms with E-state index in [1.807, 2.05) is 0 Å². The lowest BCUT2D eigenvalue weighted by molar-refractivity contribution is 0.118. The minimum atomic E-state index is -0.753. The van der Waals surface area contributed by atoms with Gasteiger partial charge in [0.25, 0.3) is 0 Å². The van der Waals surface area contributed by atoms with E-state index in [1.54, 1.807) is 12.5 Å². The van der Waals surface area contributed by atoms with E-state index in [1.165, 1.54) is 24.3 Å². The zero-order chi connectivity index (χ0) is 14.4. The molecular weight excluding hydrogens is 263 g/mol. The van der Waals surface area contributed by atoms with Crippen LogP contribution in [0.15, 0.2) is 36.8 Å². The van der Waals surface area contributed by atoms with Gasteiger partial charge in [-0.3, -0.25) is 4.84 Å². The van der Waals surface area contributed by atoms with Crippen molar-refractivity contribution < 1.29 is 14.0 Å². The summed E-state index contributed by atoms with van der Waals surface area (Å²) in [4.78, 5) is 23.6. The lowest BCUT2D eigenvalue weighted by Gasteiger charge is -2.19. The Bertz CT molecular complexity index is 542. The first-order valence-corrected chi connectivity index (χ1v) is 6.12. The van der Waals surface area contributed by atoms with E-state index in [0.29, 0.717) is 18.7 Å². The summed E-state index contributed by atoms with van der Waals surface area (Å²) >= 11 is 0. The predicted octanol–water partition coefficient (Wildman–Crippen LogP) is 2.00. The van der Waals surface area contributed by atoms with E-state index < -0.39 is 11.8 Å². The van der Waals surface area contributed by atoms with Crippen LogP contribution in [0.1, 0.15) is 12.1 Å². The van der Waals surface area contributed by atoms with E-state index in [9.17, 15) is 9.18 Å². The molecule has 0 bridgehead atoms. The number of hydrogen-bond acceptors (Lipinski definition) is 3. The minimum absolute atomic E-state index is 0.299. The summed E-state index contributed by atoms with van der Waals surface area (Å²) in [5.74, 6) is -0.392. The van der Waals surface area contributed by atoms with Gasteiger partial charge >= 0.3 is 6.03 Å². The van der Waals surface area contributed by atoms with Gasteiger partial charge in [-0.25, -0.2) is 14.2 Å². The van der Waals surface area contributed by atoms with Gasteiger partial charge < -0.3 is 10.7 Å². The number of aryl methyl sites for hydroxylation is 1. The molecule has 1 aromatic carbocycles. The van der Waals surface area contributed by atoms with Crippen molar-refractivity contribution in [1.29, 1.82) is 0 Å². The number of urea groups is 1. The Balaban J connectivity index is 1.86. The maximum absolute atomic E-state index is 12.8. The zero-order valence-electron chi connectivity index (χ0n) is 10.8. The number of anilines is 1. The van der Waals surface area contributed by atoms with Crippen LogP contribution in [0.4, 0.5) is 14.9 Å². The highest BCUT2D eigenvalue weighted by atomic mass is 19.1. The number of nitrogens with two attached hydrogens (primary N) is 1. The molecule has 0 unspecified atom stereocenters. The lowest BCUT2D eigenvalue weighted by Crippen LogP contribution is -2.36. The smallest absolute Gasteiger partial charge is 0.343 e. The standard InChI is InChI=1S/C13H15FN4O2/c14-10-3-5-12(6-4-10)18(13(15)19)20-7-1-2-11-8-16-9-17-11/h3-6,8-9H,1-2,7H2,(H2,15,19)(H,16,17). The summed E-state index contributed by atoms with van der Waals surface area (Å²) < 4.78 is 12.8. The van der Waals surface area contributed by atoms with Crippen molar-refractivity contribution in [3.05, 3.63) is 48.3 Å². The monoisotopic (exact) mass is 278 g/mol. The number of aromatic nitrogens is 2. The van der Waals surface area contributed by atoms with Crippen molar-refractivity contribution in [1.82, 2.24) is 9.97 Å². The van der Waals surface area contributed by atoms with Gasteiger partial charge in [0.1, 0.15) is 5.82 Å². The molecule has 106 valence electrons. The van der Waals surface area contributed by atoms with Crippen molar-refractivity contribution in [3.8, 4) is 0 Å².